The van der Waals surface area contributed by atoms with Crippen LogP contribution >= 0.6 is 0 Å². The van der Waals surface area contributed by atoms with E-state index in [1.807, 2.05) is 18.2 Å². The van der Waals surface area contributed by atoms with Gasteiger partial charge < -0.3 is 10.1 Å². The lowest BCUT2D eigenvalue weighted by Gasteiger charge is -2.29. The number of benzene rings is 1. The third-order valence-electron chi connectivity index (χ3n) is 4.77. The molecule has 0 unspecified atom stereocenters. The summed E-state index contributed by atoms with van der Waals surface area (Å²) in [6, 6.07) is 5.62. The molecule has 1 saturated carbocycles. The van der Waals surface area contributed by atoms with Crippen molar-refractivity contribution in [2.75, 3.05) is 37.3 Å². The Balaban J connectivity index is 1.87. The number of hydrogen-bond acceptors (Lipinski definition) is 5. The molecule has 6 nitrogen and oxygen atoms in total. The van der Waals surface area contributed by atoms with Crippen molar-refractivity contribution in [1.29, 1.82) is 0 Å². The molecule has 3 rings (SSSR count). The van der Waals surface area contributed by atoms with E-state index in [4.69, 9.17) is 4.74 Å². The minimum Gasteiger partial charge on any atom is -0.485 e. The van der Waals surface area contributed by atoms with Crippen LogP contribution in [-0.2, 0) is 16.4 Å². The second-order valence-corrected chi connectivity index (χ2v) is 8.54. The second-order valence-electron chi connectivity index (χ2n) is 6.53. The number of ether oxygens (including phenoxy) is 1. The van der Waals surface area contributed by atoms with Crippen molar-refractivity contribution in [2.24, 2.45) is 10.9 Å². The standard InChI is InChI=1S/C17H25N3O3S/c1-20(24(2,21)22)15-7-4-8-16(14(15)11-13-5-3-6-13)23-12-17-18-9-10-19-17/h4,7-8,13H,3,5-6,9-12H2,1-2H3,(H,18,19). The van der Waals surface area contributed by atoms with Gasteiger partial charge in [-0.3, -0.25) is 9.30 Å². The van der Waals surface area contributed by atoms with Crippen LogP contribution < -0.4 is 14.4 Å². The Morgan fingerprint density at radius 1 is 1.38 bits per heavy atom. The number of anilines is 1. The van der Waals surface area contributed by atoms with Gasteiger partial charge in [0.05, 0.1) is 18.5 Å². The summed E-state index contributed by atoms with van der Waals surface area (Å²) in [4.78, 5) is 4.34. The first kappa shape index (κ1) is 17.1. The molecule has 1 fully saturated rings. The third kappa shape index (κ3) is 3.83. The van der Waals surface area contributed by atoms with E-state index in [0.717, 1.165) is 36.7 Å². The topological polar surface area (TPSA) is 71.0 Å². The molecule has 1 heterocycles. The zero-order valence-electron chi connectivity index (χ0n) is 14.3. The van der Waals surface area contributed by atoms with Gasteiger partial charge in [-0.25, -0.2) is 8.42 Å². The van der Waals surface area contributed by atoms with Gasteiger partial charge in [0.15, 0.2) is 0 Å². The minimum absolute atomic E-state index is 0.393. The Labute approximate surface area is 144 Å². The van der Waals surface area contributed by atoms with Crippen molar-refractivity contribution < 1.29 is 13.2 Å². The van der Waals surface area contributed by atoms with Crippen molar-refractivity contribution in [3.05, 3.63) is 23.8 Å². The minimum atomic E-state index is -3.31. The van der Waals surface area contributed by atoms with Gasteiger partial charge in [-0.2, -0.15) is 0 Å². The van der Waals surface area contributed by atoms with E-state index in [1.54, 1.807) is 7.05 Å². The number of nitrogens with one attached hydrogen (secondary N) is 1. The Hall–Kier alpha value is -1.76. The highest BCUT2D eigenvalue weighted by atomic mass is 32.2. The van der Waals surface area contributed by atoms with Crippen LogP contribution in [0.3, 0.4) is 0 Å². The van der Waals surface area contributed by atoms with Gasteiger partial charge in [0.2, 0.25) is 10.0 Å². The second kappa shape index (κ2) is 7.01. The molecule has 0 spiro atoms. The molecule has 0 aromatic heterocycles. The predicted octanol–water partition coefficient (Wildman–Crippen LogP) is 1.81. The van der Waals surface area contributed by atoms with Crippen molar-refractivity contribution in [3.8, 4) is 5.75 Å². The SMILES string of the molecule is CN(c1cccc(OCC2=NCCN2)c1CC1CCC1)S(C)(=O)=O. The predicted molar refractivity (Wildman–Crippen MR) is 96.5 cm³/mol. The molecular weight excluding hydrogens is 326 g/mol. The highest BCUT2D eigenvalue weighted by molar-refractivity contribution is 7.92. The summed E-state index contributed by atoms with van der Waals surface area (Å²) in [6.45, 7) is 2.03. The molecule has 1 aromatic carbocycles. The molecule has 7 heteroatoms. The lowest BCUT2D eigenvalue weighted by Crippen LogP contribution is -2.28. The molecule has 1 aliphatic carbocycles. The summed E-state index contributed by atoms with van der Waals surface area (Å²) in [5.74, 6) is 2.22. The number of rotatable bonds is 7. The number of aliphatic imine (C=N–C) groups is 1. The molecule has 1 N–H and O–H groups in total. The highest BCUT2D eigenvalue weighted by Gasteiger charge is 2.25. The normalized spacial score (nSPS) is 17.8. The van der Waals surface area contributed by atoms with Crippen LogP contribution in [0.2, 0.25) is 0 Å². The lowest BCUT2D eigenvalue weighted by atomic mass is 9.80. The Kier molecular flexibility index (Phi) is 4.99. The van der Waals surface area contributed by atoms with E-state index >= 15 is 0 Å². The monoisotopic (exact) mass is 351 g/mol. The molecule has 1 aliphatic heterocycles. The van der Waals surface area contributed by atoms with Crippen LogP contribution in [0.1, 0.15) is 24.8 Å². The van der Waals surface area contributed by atoms with Gasteiger partial charge >= 0.3 is 0 Å². The summed E-state index contributed by atoms with van der Waals surface area (Å²) in [5.41, 5.74) is 1.69. The van der Waals surface area contributed by atoms with Crippen LogP contribution in [-0.4, -0.2) is 47.3 Å². The quantitative estimate of drug-likeness (QED) is 0.813. The smallest absolute Gasteiger partial charge is 0.232 e. The van der Waals surface area contributed by atoms with Crippen LogP contribution in [0.4, 0.5) is 5.69 Å². The fourth-order valence-corrected chi connectivity index (χ4v) is 3.57. The molecule has 0 saturated heterocycles. The largest absolute Gasteiger partial charge is 0.485 e. The summed E-state index contributed by atoms with van der Waals surface area (Å²) in [6.07, 6.45) is 5.73. The summed E-state index contributed by atoms with van der Waals surface area (Å²) < 4.78 is 31.3. The molecule has 0 radical (unpaired) electrons. The summed E-state index contributed by atoms with van der Waals surface area (Å²) >= 11 is 0. The maximum absolute atomic E-state index is 12.0. The first-order valence-electron chi connectivity index (χ1n) is 8.41. The van der Waals surface area contributed by atoms with Gasteiger partial charge in [-0.05, 0) is 24.5 Å². The van der Waals surface area contributed by atoms with Gasteiger partial charge in [-0.15, -0.1) is 0 Å². The van der Waals surface area contributed by atoms with E-state index in [1.165, 1.54) is 29.8 Å². The molecule has 0 bridgehead atoms. The van der Waals surface area contributed by atoms with Crippen molar-refractivity contribution in [1.82, 2.24) is 5.32 Å². The number of nitrogens with zero attached hydrogens (tertiary/aromatic N) is 2. The van der Waals surface area contributed by atoms with E-state index < -0.39 is 10.0 Å². The zero-order valence-corrected chi connectivity index (χ0v) is 15.1. The van der Waals surface area contributed by atoms with Gasteiger partial charge in [0.25, 0.3) is 0 Å². The third-order valence-corrected chi connectivity index (χ3v) is 5.96. The molecule has 24 heavy (non-hydrogen) atoms. The number of amidine groups is 1. The number of hydrogen-bond donors (Lipinski definition) is 1. The van der Waals surface area contributed by atoms with Crippen molar-refractivity contribution in [2.45, 2.75) is 25.7 Å². The first-order valence-corrected chi connectivity index (χ1v) is 10.3. The Morgan fingerprint density at radius 3 is 2.75 bits per heavy atom. The highest BCUT2D eigenvalue weighted by Crippen LogP contribution is 2.37. The summed E-state index contributed by atoms with van der Waals surface area (Å²) in [5, 5.41) is 3.19. The molecule has 0 amide bonds. The molecule has 2 aliphatic rings. The van der Waals surface area contributed by atoms with E-state index in [2.05, 4.69) is 10.3 Å². The van der Waals surface area contributed by atoms with Gasteiger partial charge in [0, 0.05) is 19.2 Å². The maximum atomic E-state index is 12.0. The Bertz CT molecular complexity index is 727. The van der Waals surface area contributed by atoms with Crippen LogP contribution in [0.5, 0.6) is 5.75 Å². The molecule has 132 valence electrons. The fourth-order valence-electron chi connectivity index (χ4n) is 3.04. The van der Waals surface area contributed by atoms with E-state index in [0.29, 0.717) is 18.2 Å². The fraction of sp³-hybridized carbons (Fsp3) is 0.588. The van der Waals surface area contributed by atoms with Crippen molar-refractivity contribution >= 4 is 21.5 Å². The molecular formula is C17H25N3O3S. The van der Waals surface area contributed by atoms with Crippen LogP contribution in [0.15, 0.2) is 23.2 Å². The molecule has 0 atom stereocenters. The van der Waals surface area contributed by atoms with E-state index in [9.17, 15) is 8.42 Å². The Morgan fingerprint density at radius 2 is 2.17 bits per heavy atom. The zero-order chi connectivity index (χ0) is 17.2. The maximum Gasteiger partial charge on any atom is 0.232 e. The average Bonchev–Trinajstić information content (AvgIpc) is 3.00. The first-order chi connectivity index (χ1) is 11.4. The lowest BCUT2D eigenvalue weighted by molar-refractivity contribution is 0.306. The van der Waals surface area contributed by atoms with Crippen molar-refractivity contribution in [3.63, 3.8) is 0 Å². The number of sulfonamides is 1. The molecule has 1 aromatic rings. The van der Waals surface area contributed by atoms with Gasteiger partial charge in [0.1, 0.15) is 18.2 Å². The summed E-state index contributed by atoms with van der Waals surface area (Å²) in [7, 11) is -1.71. The van der Waals surface area contributed by atoms with Crippen LogP contribution in [0.25, 0.3) is 0 Å². The van der Waals surface area contributed by atoms with E-state index in [-0.39, 0.29) is 0 Å². The van der Waals surface area contributed by atoms with Crippen LogP contribution in [0, 0.1) is 5.92 Å². The van der Waals surface area contributed by atoms with Gasteiger partial charge in [-0.1, -0.05) is 25.3 Å². The average molecular weight is 351 g/mol.